The van der Waals surface area contributed by atoms with Crippen LogP contribution >= 0.6 is 0 Å². The van der Waals surface area contributed by atoms with Crippen LogP contribution < -0.4 is 5.32 Å². The number of nitrogens with one attached hydrogen (secondary N) is 1. The minimum atomic E-state index is -3.61. The predicted octanol–water partition coefficient (Wildman–Crippen LogP) is 1.20. The van der Waals surface area contributed by atoms with Gasteiger partial charge in [0.2, 0.25) is 21.8 Å². The maximum absolute atomic E-state index is 13.0. The number of nitrogens with zero attached hydrogens (tertiary/aromatic N) is 2. The van der Waals surface area contributed by atoms with Crippen molar-refractivity contribution in [2.45, 2.75) is 17.7 Å². The van der Waals surface area contributed by atoms with Crippen LogP contribution in [-0.2, 0) is 19.6 Å². The van der Waals surface area contributed by atoms with Gasteiger partial charge >= 0.3 is 0 Å². The molecule has 148 valence electrons. The minimum absolute atomic E-state index is 0.0211. The van der Waals surface area contributed by atoms with Gasteiger partial charge in [0.05, 0.1) is 11.4 Å². The van der Waals surface area contributed by atoms with Gasteiger partial charge in [-0.3, -0.25) is 9.59 Å². The topological polar surface area (TPSA) is 86.8 Å². The van der Waals surface area contributed by atoms with E-state index in [1.807, 2.05) is 30.3 Å². The van der Waals surface area contributed by atoms with Crippen LogP contribution in [0.4, 0.5) is 0 Å². The number of hydrogen-bond acceptors (Lipinski definition) is 4. The molecule has 0 radical (unpaired) electrons. The molecule has 28 heavy (non-hydrogen) atoms. The molecule has 2 aliphatic rings. The Kier molecular flexibility index (Phi) is 5.07. The van der Waals surface area contributed by atoms with E-state index < -0.39 is 10.0 Å². The summed E-state index contributed by atoms with van der Waals surface area (Å²) >= 11 is 0. The largest absolute Gasteiger partial charge is 0.347 e. The lowest BCUT2D eigenvalue weighted by Gasteiger charge is -2.34. The van der Waals surface area contributed by atoms with Crippen molar-refractivity contribution in [2.75, 3.05) is 32.7 Å². The van der Waals surface area contributed by atoms with Crippen molar-refractivity contribution >= 4 is 32.6 Å². The Labute approximate surface area is 164 Å². The zero-order chi connectivity index (χ0) is 19.7. The highest BCUT2D eigenvalue weighted by Gasteiger charge is 2.32. The Morgan fingerprint density at radius 3 is 2.32 bits per heavy atom. The summed E-state index contributed by atoms with van der Waals surface area (Å²) in [7, 11) is -3.61. The Morgan fingerprint density at radius 2 is 1.64 bits per heavy atom. The van der Waals surface area contributed by atoms with Crippen molar-refractivity contribution in [3.63, 3.8) is 0 Å². The summed E-state index contributed by atoms with van der Waals surface area (Å²) in [4.78, 5) is 25.8. The molecule has 1 aliphatic heterocycles. The van der Waals surface area contributed by atoms with Crippen LogP contribution in [0.1, 0.15) is 12.8 Å². The first-order valence-corrected chi connectivity index (χ1v) is 10.9. The SMILES string of the molecule is O=C(NCC(=O)N1CCN(S(=O)(=O)c2ccc3ccccc3c2)CC1)C1CC1. The third kappa shape index (κ3) is 3.88. The molecule has 2 aromatic rings. The molecule has 8 heteroatoms. The van der Waals surface area contributed by atoms with Crippen molar-refractivity contribution < 1.29 is 18.0 Å². The molecule has 0 bridgehead atoms. The molecule has 2 fully saturated rings. The van der Waals surface area contributed by atoms with E-state index >= 15 is 0 Å². The molecule has 1 saturated heterocycles. The van der Waals surface area contributed by atoms with Gasteiger partial charge in [-0.15, -0.1) is 0 Å². The molecule has 1 heterocycles. The molecule has 4 rings (SSSR count). The van der Waals surface area contributed by atoms with Gasteiger partial charge < -0.3 is 10.2 Å². The third-order valence-corrected chi connectivity index (χ3v) is 7.21. The van der Waals surface area contributed by atoms with Gasteiger partial charge in [0, 0.05) is 32.1 Å². The quantitative estimate of drug-likeness (QED) is 0.816. The first-order chi connectivity index (χ1) is 13.4. The first-order valence-electron chi connectivity index (χ1n) is 9.49. The second-order valence-corrected chi connectivity index (χ2v) is 9.22. The highest BCUT2D eigenvalue weighted by Crippen LogP contribution is 2.28. The van der Waals surface area contributed by atoms with Crippen LogP contribution in [0, 0.1) is 5.92 Å². The van der Waals surface area contributed by atoms with E-state index in [4.69, 9.17) is 0 Å². The van der Waals surface area contributed by atoms with E-state index in [1.54, 1.807) is 17.0 Å². The average Bonchev–Trinajstić information content (AvgIpc) is 3.57. The van der Waals surface area contributed by atoms with E-state index in [-0.39, 0.29) is 42.3 Å². The number of amides is 2. The monoisotopic (exact) mass is 401 g/mol. The van der Waals surface area contributed by atoms with Crippen LogP contribution in [-0.4, -0.2) is 62.2 Å². The summed E-state index contributed by atoms with van der Waals surface area (Å²) in [6.07, 6.45) is 1.79. The standard InChI is InChI=1S/C20H23N3O4S/c24-19(14-21-20(25)16-5-6-16)22-9-11-23(12-10-22)28(26,27)18-8-7-15-3-1-2-4-17(15)13-18/h1-4,7-8,13,16H,5-6,9-12,14H2,(H,21,25). The number of sulfonamides is 1. The molecular formula is C20H23N3O4S. The van der Waals surface area contributed by atoms with Crippen LogP contribution in [0.3, 0.4) is 0 Å². The highest BCUT2D eigenvalue weighted by molar-refractivity contribution is 7.89. The summed E-state index contributed by atoms with van der Waals surface area (Å²) in [6.45, 7) is 1.12. The number of hydrogen-bond donors (Lipinski definition) is 1. The van der Waals surface area contributed by atoms with Gasteiger partial charge in [-0.25, -0.2) is 8.42 Å². The summed E-state index contributed by atoms with van der Waals surface area (Å²) < 4.78 is 27.4. The molecule has 1 N–H and O–H groups in total. The van der Waals surface area contributed by atoms with Crippen LogP contribution in [0.15, 0.2) is 47.4 Å². The molecule has 7 nitrogen and oxygen atoms in total. The fourth-order valence-corrected chi connectivity index (χ4v) is 4.88. The number of piperazine rings is 1. The Morgan fingerprint density at radius 1 is 0.964 bits per heavy atom. The average molecular weight is 401 g/mol. The highest BCUT2D eigenvalue weighted by atomic mass is 32.2. The summed E-state index contributed by atoms with van der Waals surface area (Å²) in [5.74, 6) is -0.167. The zero-order valence-electron chi connectivity index (χ0n) is 15.5. The lowest BCUT2D eigenvalue weighted by atomic mass is 10.1. The molecular weight excluding hydrogens is 378 g/mol. The molecule has 2 amide bonds. The van der Waals surface area contributed by atoms with Crippen molar-refractivity contribution in [1.82, 2.24) is 14.5 Å². The van der Waals surface area contributed by atoms with E-state index in [2.05, 4.69) is 5.32 Å². The van der Waals surface area contributed by atoms with Crippen LogP contribution in [0.2, 0.25) is 0 Å². The van der Waals surface area contributed by atoms with E-state index in [1.165, 1.54) is 4.31 Å². The van der Waals surface area contributed by atoms with Crippen molar-refractivity contribution in [1.29, 1.82) is 0 Å². The Hall–Kier alpha value is -2.45. The number of fused-ring (bicyclic) bond motifs is 1. The Balaban J connectivity index is 1.37. The summed E-state index contributed by atoms with van der Waals surface area (Å²) in [5, 5.41) is 4.53. The number of carbonyl (C=O) groups excluding carboxylic acids is 2. The first kappa shape index (κ1) is 18.9. The lowest BCUT2D eigenvalue weighted by Crippen LogP contribution is -2.52. The second kappa shape index (κ2) is 7.52. The molecule has 0 aromatic heterocycles. The van der Waals surface area contributed by atoms with Gasteiger partial charge in [-0.2, -0.15) is 4.31 Å². The lowest BCUT2D eigenvalue weighted by molar-refractivity contribution is -0.134. The fourth-order valence-electron chi connectivity index (χ4n) is 3.42. The normalized spacial score (nSPS) is 18.2. The van der Waals surface area contributed by atoms with Crippen molar-refractivity contribution in [2.24, 2.45) is 5.92 Å². The summed E-state index contributed by atoms with van der Waals surface area (Å²) in [5.41, 5.74) is 0. The van der Waals surface area contributed by atoms with Crippen molar-refractivity contribution in [3.8, 4) is 0 Å². The van der Waals surface area contributed by atoms with Gasteiger partial charge in [0.1, 0.15) is 0 Å². The molecule has 0 spiro atoms. The zero-order valence-corrected chi connectivity index (χ0v) is 16.3. The molecule has 1 aliphatic carbocycles. The van der Waals surface area contributed by atoms with Gasteiger partial charge in [-0.05, 0) is 35.7 Å². The van der Waals surface area contributed by atoms with E-state index in [0.29, 0.717) is 13.1 Å². The number of benzene rings is 2. The number of carbonyl (C=O) groups is 2. The smallest absolute Gasteiger partial charge is 0.243 e. The van der Waals surface area contributed by atoms with E-state index in [9.17, 15) is 18.0 Å². The summed E-state index contributed by atoms with van der Waals surface area (Å²) in [6, 6.07) is 12.8. The number of rotatable bonds is 5. The molecule has 0 atom stereocenters. The fraction of sp³-hybridized carbons (Fsp3) is 0.400. The molecule has 0 unspecified atom stereocenters. The second-order valence-electron chi connectivity index (χ2n) is 7.29. The molecule has 2 aromatic carbocycles. The molecule has 1 saturated carbocycles. The predicted molar refractivity (Wildman–Crippen MR) is 105 cm³/mol. The maximum atomic E-state index is 13.0. The van der Waals surface area contributed by atoms with Gasteiger partial charge in [0.25, 0.3) is 0 Å². The van der Waals surface area contributed by atoms with Crippen LogP contribution in [0.5, 0.6) is 0 Å². The van der Waals surface area contributed by atoms with Crippen LogP contribution in [0.25, 0.3) is 10.8 Å². The maximum Gasteiger partial charge on any atom is 0.243 e. The van der Waals surface area contributed by atoms with E-state index in [0.717, 1.165) is 23.6 Å². The van der Waals surface area contributed by atoms with Gasteiger partial charge in [-0.1, -0.05) is 30.3 Å². The van der Waals surface area contributed by atoms with Crippen molar-refractivity contribution in [3.05, 3.63) is 42.5 Å². The van der Waals surface area contributed by atoms with Gasteiger partial charge in [0.15, 0.2) is 0 Å². The Bertz CT molecular complexity index is 1010. The minimum Gasteiger partial charge on any atom is -0.347 e. The third-order valence-electron chi connectivity index (χ3n) is 5.31.